The molecule has 1 aliphatic heterocycles. The molecule has 0 amide bonds. The lowest BCUT2D eigenvalue weighted by atomic mass is 10.6. The summed E-state index contributed by atoms with van der Waals surface area (Å²) in [4.78, 5) is 3.74. The maximum absolute atomic E-state index is 12.4. The van der Waals surface area contributed by atoms with Gasteiger partial charge in [0.1, 0.15) is 0 Å². The summed E-state index contributed by atoms with van der Waals surface area (Å²) in [5.41, 5.74) is 17.2. The Hall–Kier alpha value is -0.710. The van der Waals surface area contributed by atoms with Gasteiger partial charge in [0.15, 0.2) is 12.6 Å². The first-order valence-corrected chi connectivity index (χ1v) is 8.57. The number of hydrogen-bond acceptors (Lipinski definition) is 10. The zero-order valence-corrected chi connectivity index (χ0v) is 12.5. The molecule has 18 N–H and O–H groups in total. The van der Waals surface area contributed by atoms with Crippen LogP contribution in [0.15, 0.2) is 4.99 Å². The molecule has 124 valence electrons. The predicted molar refractivity (Wildman–Crippen MR) is 75.8 cm³/mol. The summed E-state index contributed by atoms with van der Waals surface area (Å²) in [6.07, 6.45) is -2.74. The van der Waals surface area contributed by atoms with Gasteiger partial charge in [0.2, 0.25) is 5.96 Å². The minimum atomic E-state index is -3.87. The van der Waals surface area contributed by atoms with Crippen LogP contribution in [0.1, 0.15) is 0 Å². The number of nitrogens with zero attached hydrogens (tertiary/aromatic N) is 3. The van der Waals surface area contributed by atoms with E-state index in [9.17, 15) is 9.13 Å². The number of nitrogens with two attached hydrogens (primary N) is 7. The van der Waals surface area contributed by atoms with Gasteiger partial charge in [0.05, 0.1) is 0 Å². The Morgan fingerprint density at radius 2 is 1.38 bits per heavy atom. The molecule has 0 aliphatic carbocycles. The van der Waals surface area contributed by atoms with Gasteiger partial charge in [0.25, 0.3) is 0 Å². The molecule has 18 heteroatoms. The summed E-state index contributed by atoms with van der Waals surface area (Å²) in [5, 5.41) is 7.73. The Morgan fingerprint density at radius 3 is 1.76 bits per heavy atom. The molecule has 2 unspecified atom stereocenters. The number of hydrogen-bond donors (Lipinski definition) is 11. The average molecular weight is 346 g/mol. The summed E-state index contributed by atoms with van der Waals surface area (Å²) in [6.45, 7) is 0. The van der Waals surface area contributed by atoms with E-state index >= 15 is 0 Å². The zero-order valence-electron chi connectivity index (χ0n) is 10.7. The maximum atomic E-state index is 12.4. The van der Waals surface area contributed by atoms with Gasteiger partial charge < -0.3 is 5.73 Å². The molecule has 1 heterocycles. The van der Waals surface area contributed by atoms with Gasteiger partial charge in [-0.3, -0.25) is 44.0 Å². The van der Waals surface area contributed by atoms with Crippen LogP contribution in [0.5, 0.6) is 0 Å². The van der Waals surface area contributed by atoms with Gasteiger partial charge in [-0.25, -0.2) is 9.66 Å². The highest BCUT2D eigenvalue weighted by molar-refractivity contribution is 7.58. The summed E-state index contributed by atoms with van der Waals surface area (Å²) in [6, 6.07) is 0. The van der Waals surface area contributed by atoms with E-state index in [1.807, 2.05) is 20.8 Å². The van der Waals surface area contributed by atoms with Crippen molar-refractivity contribution in [1.82, 2.24) is 30.1 Å². The van der Waals surface area contributed by atoms with E-state index < -0.39 is 27.8 Å². The first-order valence-electron chi connectivity index (χ1n) is 5.25. The first kappa shape index (κ1) is 18.3. The predicted octanol–water partition coefficient (Wildman–Crippen LogP) is -5.53. The van der Waals surface area contributed by atoms with Gasteiger partial charge in [-0.2, -0.15) is 25.5 Å². The summed E-state index contributed by atoms with van der Waals surface area (Å²) in [5.74, 6) is 20.3. The van der Waals surface area contributed by atoms with Crippen LogP contribution >= 0.6 is 15.2 Å². The van der Waals surface area contributed by atoms with Gasteiger partial charge in [-0.05, 0) is 0 Å². The number of nitrogens with one attached hydrogen (secondary N) is 4. The van der Waals surface area contributed by atoms with Crippen LogP contribution in [-0.2, 0) is 9.13 Å². The minimum Gasteiger partial charge on any atom is -0.369 e. The maximum Gasteiger partial charge on any atom is 0.336 e. The average Bonchev–Trinajstić information content (AvgIpc) is 2.45. The fraction of sp³-hybridized carbons (Fsp3) is 0.667. The second-order valence-corrected chi connectivity index (χ2v) is 7.94. The number of hydrazine groups is 4. The van der Waals surface area contributed by atoms with E-state index in [4.69, 9.17) is 40.6 Å². The van der Waals surface area contributed by atoms with Gasteiger partial charge in [-0.1, -0.05) is 0 Å². The Kier molecular flexibility index (Phi) is 5.76. The van der Waals surface area contributed by atoms with E-state index in [-0.39, 0.29) is 5.96 Å². The van der Waals surface area contributed by atoms with E-state index in [0.29, 0.717) is 0 Å². The molecule has 2 atom stereocenters. The first-order chi connectivity index (χ1) is 9.70. The largest absolute Gasteiger partial charge is 0.369 e. The molecule has 0 aromatic carbocycles. The van der Waals surface area contributed by atoms with Gasteiger partial charge in [0, 0.05) is 0 Å². The van der Waals surface area contributed by atoms with Crippen molar-refractivity contribution in [3.63, 3.8) is 0 Å². The Bertz CT molecular complexity index is 477. The SMILES string of the molecule is NNP(=O)(NN)N1C(N)=NC(N)N(P(=O)(NN)NN)C1N. The summed E-state index contributed by atoms with van der Waals surface area (Å²) < 4.78 is 26.5. The number of guanidine groups is 1. The lowest BCUT2D eigenvalue weighted by Crippen LogP contribution is -2.68. The Labute approximate surface area is 119 Å². The topological polar surface area (TPSA) is 283 Å². The number of aliphatic imine (C=N–C) groups is 1. The molecular weight excluding hydrogens is 326 g/mol. The van der Waals surface area contributed by atoms with E-state index in [1.54, 1.807) is 0 Å². The molecular formula is C3H20N14O2P2. The fourth-order valence-electron chi connectivity index (χ4n) is 1.63. The monoisotopic (exact) mass is 346 g/mol. The molecule has 21 heavy (non-hydrogen) atoms. The van der Waals surface area contributed by atoms with E-state index in [1.165, 1.54) is 0 Å². The molecule has 1 rings (SSSR count). The number of rotatable bonds is 6. The van der Waals surface area contributed by atoms with Crippen LogP contribution in [0.3, 0.4) is 0 Å². The summed E-state index contributed by atoms with van der Waals surface area (Å²) >= 11 is 0. The molecule has 0 aromatic heterocycles. The van der Waals surface area contributed by atoms with Crippen molar-refractivity contribution in [2.75, 3.05) is 0 Å². The van der Waals surface area contributed by atoms with Crippen molar-refractivity contribution >= 4 is 21.1 Å². The minimum absolute atomic E-state index is 0.355. The van der Waals surface area contributed by atoms with Gasteiger partial charge >= 0.3 is 15.2 Å². The third-order valence-electron chi connectivity index (χ3n) is 2.62. The van der Waals surface area contributed by atoms with Crippen molar-refractivity contribution in [2.24, 2.45) is 45.6 Å². The van der Waals surface area contributed by atoms with Crippen LogP contribution in [0, 0.1) is 0 Å². The van der Waals surface area contributed by atoms with Crippen molar-refractivity contribution in [2.45, 2.75) is 12.6 Å². The molecule has 0 spiro atoms. The van der Waals surface area contributed by atoms with Crippen LogP contribution in [0.25, 0.3) is 0 Å². The lowest BCUT2D eigenvalue weighted by molar-refractivity contribution is 0.160. The molecule has 16 nitrogen and oxygen atoms in total. The molecule has 0 fully saturated rings. The molecule has 0 saturated carbocycles. The second-order valence-electron chi connectivity index (χ2n) is 3.71. The Balaban J connectivity index is 3.36. The summed E-state index contributed by atoms with van der Waals surface area (Å²) in [7, 11) is -7.72. The quantitative estimate of drug-likeness (QED) is 0.121. The van der Waals surface area contributed by atoms with Gasteiger partial charge in [-0.15, -0.1) is 0 Å². The fourth-order valence-corrected chi connectivity index (χ4v) is 3.99. The smallest absolute Gasteiger partial charge is 0.336 e. The molecule has 0 saturated heterocycles. The highest BCUT2D eigenvalue weighted by atomic mass is 31.2. The molecule has 0 radical (unpaired) electrons. The third-order valence-corrected chi connectivity index (χ3v) is 6.19. The highest BCUT2D eigenvalue weighted by Gasteiger charge is 2.48. The van der Waals surface area contributed by atoms with E-state index in [2.05, 4.69) is 4.99 Å². The zero-order chi connectivity index (χ0) is 16.4. The normalized spacial score (nSPS) is 25.0. The molecule has 0 bridgehead atoms. The highest BCUT2D eigenvalue weighted by Crippen LogP contribution is 2.48. The standard InChI is InChI=1S/C3H20N14O2P2/c4-1-11-2(5)17(21(19,14-9)15-10)3(6)16(1)20(18,12-7)13-8/h1,3H,4,6-10H2,(H2,5,11)(H2,12,13,18)(H2,14,15,19). The lowest BCUT2D eigenvalue weighted by Gasteiger charge is -2.46. The van der Waals surface area contributed by atoms with Crippen molar-refractivity contribution in [3.8, 4) is 0 Å². The second kappa shape index (κ2) is 6.59. The van der Waals surface area contributed by atoms with Crippen LogP contribution in [0.4, 0.5) is 0 Å². The van der Waals surface area contributed by atoms with Crippen LogP contribution in [-0.4, -0.2) is 27.9 Å². The molecule has 1 aliphatic rings. The van der Waals surface area contributed by atoms with Crippen LogP contribution in [0.2, 0.25) is 0 Å². The van der Waals surface area contributed by atoms with Crippen molar-refractivity contribution in [1.29, 1.82) is 0 Å². The van der Waals surface area contributed by atoms with E-state index in [0.717, 1.165) is 9.34 Å². The van der Waals surface area contributed by atoms with Crippen molar-refractivity contribution in [3.05, 3.63) is 0 Å². The van der Waals surface area contributed by atoms with Crippen molar-refractivity contribution < 1.29 is 9.13 Å². The van der Waals surface area contributed by atoms with Crippen LogP contribution < -0.4 is 61.4 Å². The Morgan fingerprint density at radius 1 is 0.952 bits per heavy atom. The third kappa shape index (κ3) is 3.08. The molecule has 0 aromatic rings.